The lowest BCUT2D eigenvalue weighted by molar-refractivity contribution is -0.135. The van der Waals surface area contributed by atoms with Gasteiger partial charge in [-0.2, -0.15) is 0 Å². The highest BCUT2D eigenvalue weighted by atomic mass is 16.2. The first-order valence-corrected chi connectivity index (χ1v) is 7.98. The van der Waals surface area contributed by atoms with Crippen molar-refractivity contribution in [3.8, 4) is 0 Å². The number of hydrogen-bond acceptors (Lipinski definition) is 2. The molecule has 1 unspecified atom stereocenters. The van der Waals surface area contributed by atoms with Gasteiger partial charge in [-0.25, -0.2) is 0 Å². The molecule has 2 amide bonds. The van der Waals surface area contributed by atoms with Crippen molar-refractivity contribution in [1.29, 1.82) is 0 Å². The van der Waals surface area contributed by atoms with E-state index in [0.717, 1.165) is 13.0 Å². The molecular formula is C16H28N2O2. The smallest absolute Gasteiger partial charge is 0.245 e. The van der Waals surface area contributed by atoms with Crippen LogP contribution in [-0.4, -0.2) is 35.8 Å². The number of amides is 2. The third-order valence-electron chi connectivity index (χ3n) is 4.64. The van der Waals surface area contributed by atoms with Crippen molar-refractivity contribution in [3.05, 3.63) is 0 Å². The SMILES string of the molecule is CC(C)CC1NC(=O)CCN(CC2(C)CCCC2)C1=O. The second-order valence-corrected chi connectivity index (χ2v) is 7.28. The summed E-state index contributed by atoms with van der Waals surface area (Å²) in [6.45, 7) is 7.86. The maximum atomic E-state index is 12.7. The summed E-state index contributed by atoms with van der Waals surface area (Å²) in [6.07, 6.45) is 6.12. The summed E-state index contributed by atoms with van der Waals surface area (Å²) in [7, 11) is 0. The minimum atomic E-state index is -0.324. The third kappa shape index (κ3) is 3.74. The Kier molecular flexibility index (Phi) is 4.71. The first-order chi connectivity index (χ1) is 9.39. The average Bonchev–Trinajstić information content (AvgIpc) is 2.74. The van der Waals surface area contributed by atoms with E-state index < -0.39 is 0 Å². The van der Waals surface area contributed by atoms with Gasteiger partial charge in [0.25, 0.3) is 0 Å². The molecular weight excluding hydrogens is 252 g/mol. The van der Waals surface area contributed by atoms with Crippen LogP contribution in [0, 0.1) is 11.3 Å². The van der Waals surface area contributed by atoms with Crippen LogP contribution in [0.1, 0.15) is 59.3 Å². The molecule has 1 aliphatic carbocycles. The van der Waals surface area contributed by atoms with Crippen LogP contribution in [0.5, 0.6) is 0 Å². The number of carbonyl (C=O) groups is 2. The predicted molar refractivity (Wildman–Crippen MR) is 79.2 cm³/mol. The summed E-state index contributed by atoms with van der Waals surface area (Å²) in [6, 6.07) is -0.324. The largest absolute Gasteiger partial charge is 0.344 e. The molecule has 1 aliphatic heterocycles. The minimum Gasteiger partial charge on any atom is -0.344 e. The summed E-state index contributed by atoms with van der Waals surface area (Å²) in [4.78, 5) is 26.4. The van der Waals surface area contributed by atoms with E-state index in [9.17, 15) is 9.59 Å². The molecule has 0 aromatic rings. The van der Waals surface area contributed by atoms with Crippen molar-refractivity contribution in [2.24, 2.45) is 11.3 Å². The Morgan fingerprint density at radius 3 is 2.55 bits per heavy atom. The van der Waals surface area contributed by atoms with Crippen LogP contribution in [0.2, 0.25) is 0 Å². The van der Waals surface area contributed by atoms with E-state index in [1.165, 1.54) is 25.7 Å². The molecule has 0 aromatic heterocycles. The Bertz CT molecular complexity index is 373. The summed E-state index contributed by atoms with van der Waals surface area (Å²) >= 11 is 0. The highest BCUT2D eigenvalue weighted by Crippen LogP contribution is 2.38. The van der Waals surface area contributed by atoms with Crippen LogP contribution in [0.25, 0.3) is 0 Å². The van der Waals surface area contributed by atoms with Gasteiger partial charge in [-0.1, -0.05) is 33.6 Å². The molecule has 0 spiro atoms. The van der Waals surface area contributed by atoms with Gasteiger partial charge in [0.1, 0.15) is 6.04 Å². The van der Waals surface area contributed by atoms with E-state index in [1.54, 1.807) is 0 Å². The van der Waals surface area contributed by atoms with Gasteiger partial charge >= 0.3 is 0 Å². The van der Waals surface area contributed by atoms with Crippen LogP contribution >= 0.6 is 0 Å². The van der Waals surface area contributed by atoms with E-state index in [1.807, 2.05) is 4.90 Å². The standard InChI is InChI=1S/C16H28N2O2/c1-12(2)10-13-15(20)18(9-6-14(19)17-13)11-16(3)7-4-5-8-16/h12-13H,4-11H2,1-3H3,(H,17,19). The molecule has 2 aliphatic rings. The molecule has 0 radical (unpaired) electrons. The Morgan fingerprint density at radius 2 is 1.95 bits per heavy atom. The molecule has 0 aromatic carbocycles. The number of rotatable bonds is 4. The summed E-state index contributed by atoms with van der Waals surface area (Å²) < 4.78 is 0. The van der Waals surface area contributed by atoms with Gasteiger partial charge in [0, 0.05) is 19.5 Å². The van der Waals surface area contributed by atoms with E-state index in [4.69, 9.17) is 0 Å². The molecule has 1 atom stereocenters. The number of hydrogen-bond donors (Lipinski definition) is 1. The molecule has 1 N–H and O–H groups in total. The number of carbonyl (C=O) groups excluding carboxylic acids is 2. The first-order valence-electron chi connectivity index (χ1n) is 7.98. The van der Waals surface area contributed by atoms with Crippen molar-refractivity contribution < 1.29 is 9.59 Å². The van der Waals surface area contributed by atoms with Gasteiger partial charge in [-0.05, 0) is 30.6 Å². The maximum Gasteiger partial charge on any atom is 0.245 e. The highest BCUT2D eigenvalue weighted by Gasteiger charge is 2.36. The molecule has 4 nitrogen and oxygen atoms in total. The lowest BCUT2D eigenvalue weighted by Crippen LogP contribution is -2.47. The first kappa shape index (κ1) is 15.3. The third-order valence-corrected chi connectivity index (χ3v) is 4.64. The normalized spacial score (nSPS) is 26.8. The fourth-order valence-corrected chi connectivity index (χ4v) is 3.53. The van der Waals surface area contributed by atoms with E-state index >= 15 is 0 Å². The molecule has 1 saturated carbocycles. The van der Waals surface area contributed by atoms with Gasteiger partial charge < -0.3 is 10.2 Å². The van der Waals surface area contributed by atoms with Crippen molar-refractivity contribution in [3.63, 3.8) is 0 Å². The maximum absolute atomic E-state index is 12.7. The van der Waals surface area contributed by atoms with Gasteiger partial charge in [0.2, 0.25) is 11.8 Å². The molecule has 2 rings (SSSR count). The molecule has 4 heteroatoms. The van der Waals surface area contributed by atoms with Gasteiger partial charge in [0.15, 0.2) is 0 Å². The predicted octanol–water partition coefficient (Wildman–Crippen LogP) is 2.33. The fourth-order valence-electron chi connectivity index (χ4n) is 3.53. The second kappa shape index (κ2) is 6.15. The Labute approximate surface area is 122 Å². The summed E-state index contributed by atoms with van der Waals surface area (Å²) in [5.41, 5.74) is 0.255. The Hall–Kier alpha value is -1.06. The zero-order valence-corrected chi connectivity index (χ0v) is 13.1. The van der Waals surface area contributed by atoms with Gasteiger partial charge in [-0.3, -0.25) is 9.59 Å². The quantitative estimate of drug-likeness (QED) is 0.859. The fraction of sp³-hybridized carbons (Fsp3) is 0.875. The van der Waals surface area contributed by atoms with Crippen molar-refractivity contribution >= 4 is 11.8 Å². The van der Waals surface area contributed by atoms with Crippen LogP contribution in [0.4, 0.5) is 0 Å². The number of nitrogens with one attached hydrogen (secondary N) is 1. The van der Waals surface area contributed by atoms with Crippen molar-refractivity contribution in [1.82, 2.24) is 10.2 Å². The Balaban J connectivity index is 2.06. The molecule has 1 saturated heterocycles. The van der Waals surface area contributed by atoms with Crippen LogP contribution < -0.4 is 5.32 Å². The van der Waals surface area contributed by atoms with Crippen LogP contribution in [-0.2, 0) is 9.59 Å². The van der Waals surface area contributed by atoms with Gasteiger partial charge in [-0.15, -0.1) is 0 Å². The monoisotopic (exact) mass is 280 g/mol. The highest BCUT2D eigenvalue weighted by molar-refractivity contribution is 5.90. The topological polar surface area (TPSA) is 49.4 Å². The van der Waals surface area contributed by atoms with Crippen LogP contribution in [0.15, 0.2) is 0 Å². The van der Waals surface area contributed by atoms with Crippen molar-refractivity contribution in [2.75, 3.05) is 13.1 Å². The molecule has 0 bridgehead atoms. The average molecular weight is 280 g/mol. The zero-order chi connectivity index (χ0) is 14.8. The minimum absolute atomic E-state index is 0.0167. The van der Waals surface area contributed by atoms with Crippen LogP contribution in [0.3, 0.4) is 0 Å². The lowest BCUT2D eigenvalue weighted by Gasteiger charge is -2.33. The summed E-state index contributed by atoms with van der Waals surface area (Å²) in [5.74, 6) is 0.548. The molecule has 1 heterocycles. The molecule has 20 heavy (non-hydrogen) atoms. The molecule has 114 valence electrons. The van der Waals surface area contributed by atoms with E-state index in [2.05, 4.69) is 26.1 Å². The second-order valence-electron chi connectivity index (χ2n) is 7.28. The molecule has 2 fully saturated rings. The Morgan fingerprint density at radius 1 is 1.30 bits per heavy atom. The zero-order valence-electron chi connectivity index (χ0n) is 13.1. The van der Waals surface area contributed by atoms with E-state index in [0.29, 0.717) is 18.9 Å². The number of nitrogens with zero attached hydrogens (tertiary/aromatic N) is 1. The lowest BCUT2D eigenvalue weighted by atomic mass is 9.88. The van der Waals surface area contributed by atoms with E-state index in [-0.39, 0.29) is 23.3 Å². The summed E-state index contributed by atoms with van der Waals surface area (Å²) in [5, 5.41) is 2.90. The van der Waals surface area contributed by atoms with Crippen molar-refractivity contribution in [2.45, 2.75) is 65.3 Å². The van der Waals surface area contributed by atoms with Gasteiger partial charge in [0.05, 0.1) is 0 Å².